The summed E-state index contributed by atoms with van der Waals surface area (Å²) in [5, 5.41) is 3.58. The molecule has 0 aliphatic rings. The van der Waals surface area contributed by atoms with E-state index in [1.807, 2.05) is 13.0 Å². The molecule has 5 rings (SSSR count). The number of nitrogens with one attached hydrogen (secondary N) is 2. The third-order valence-electron chi connectivity index (χ3n) is 5.76. The molecule has 0 aliphatic carbocycles. The van der Waals surface area contributed by atoms with Gasteiger partial charge in [-0.2, -0.15) is 0 Å². The predicted octanol–water partition coefficient (Wildman–Crippen LogP) is 4.52. The summed E-state index contributed by atoms with van der Waals surface area (Å²) in [4.78, 5) is 32.0. The molecule has 0 saturated carbocycles. The maximum Gasteiger partial charge on any atom is 0.336 e. The summed E-state index contributed by atoms with van der Waals surface area (Å²) in [6.07, 6.45) is 2.85. The number of carbonyl (C=O) groups is 1. The maximum absolute atomic E-state index is 12.7. The fourth-order valence-electron chi connectivity index (χ4n) is 3.77. The Balaban J connectivity index is 1.19. The monoisotopic (exact) mass is 542 g/mol. The number of benzene rings is 3. The fraction of sp³-hybridized carbons (Fsp3) is 0.0714. The van der Waals surface area contributed by atoms with Crippen molar-refractivity contribution in [3.63, 3.8) is 0 Å². The number of ether oxygens (including phenoxy) is 1. The van der Waals surface area contributed by atoms with Gasteiger partial charge in [-0.15, -0.1) is 0 Å². The van der Waals surface area contributed by atoms with Gasteiger partial charge in [-0.3, -0.25) is 4.79 Å². The molecule has 0 radical (unpaired) electrons. The minimum atomic E-state index is -3.87. The van der Waals surface area contributed by atoms with Gasteiger partial charge in [-0.25, -0.2) is 27.9 Å². The van der Waals surface area contributed by atoms with Gasteiger partial charge in [0.2, 0.25) is 5.95 Å². The highest BCUT2D eigenvalue weighted by atomic mass is 32.2. The van der Waals surface area contributed by atoms with Crippen LogP contribution in [0.5, 0.6) is 5.75 Å². The molecule has 0 spiro atoms. The summed E-state index contributed by atoms with van der Waals surface area (Å²) >= 11 is 0. The van der Waals surface area contributed by atoms with Crippen LogP contribution in [0, 0.1) is 6.92 Å². The molecule has 2 N–H and O–H groups in total. The lowest BCUT2D eigenvalue weighted by atomic mass is 10.1. The highest BCUT2D eigenvalue weighted by Crippen LogP contribution is 2.23. The lowest BCUT2D eigenvalue weighted by molar-refractivity contribution is 0.102. The van der Waals surface area contributed by atoms with Crippen LogP contribution in [0.2, 0.25) is 0 Å². The summed E-state index contributed by atoms with van der Waals surface area (Å²) in [6, 6.07) is 21.0. The van der Waals surface area contributed by atoms with E-state index in [9.17, 15) is 18.0 Å². The number of anilines is 2. The highest BCUT2D eigenvalue weighted by molar-refractivity contribution is 7.92. The van der Waals surface area contributed by atoms with E-state index in [2.05, 4.69) is 20.0 Å². The van der Waals surface area contributed by atoms with Crippen molar-refractivity contribution in [2.75, 3.05) is 10.0 Å². The first-order chi connectivity index (χ1) is 18.8. The summed E-state index contributed by atoms with van der Waals surface area (Å²) in [7, 11) is -3.87. The van der Waals surface area contributed by atoms with Crippen LogP contribution in [0.15, 0.2) is 105 Å². The van der Waals surface area contributed by atoms with Crippen molar-refractivity contribution in [3.8, 4) is 5.75 Å². The molecular weight excluding hydrogens is 520 g/mol. The summed E-state index contributed by atoms with van der Waals surface area (Å²) in [6.45, 7) is 2.10. The Bertz CT molecular complexity index is 1800. The Morgan fingerprint density at radius 2 is 1.67 bits per heavy atom. The molecule has 0 bridgehead atoms. The van der Waals surface area contributed by atoms with E-state index in [1.54, 1.807) is 42.5 Å². The predicted molar refractivity (Wildman–Crippen MR) is 145 cm³/mol. The molecule has 0 aliphatic heterocycles. The highest BCUT2D eigenvalue weighted by Gasteiger charge is 2.16. The average Bonchev–Trinajstić information content (AvgIpc) is 2.92. The van der Waals surface area contributed by atoms with E-state index in [4.69, 9.17) is 9.15 Å². The minimum absolute atomic E-state index is 0.000919. The van der Waals surface area contributed by atoms with Gasteiger partial charge in [0, 0.05) is 41.2 Å². The van der Waals surface area contributed by atoms with Gasteiger partial charge < -0.3 is 14.5 Å². The van der Waals surface area contributed by atoms with E-state index < -0.39 is 15.6 Å². The molecular formula is C28H22N4O6S. The second-order valence-electron chi connectivity index (χ2n) is 8.55. The van der Waals surface area contributed by atoms with E-state index in [0.29, 0.717) is 22.6 Å². The van der Waals surface area contributed by atoms with Crippen LogP contribution in [0.1, 0.15) is 21.5 Å². The summed E-state index contributed by atoms with van der Waals surface area (Å²) in [5.74, 6) is 0.160. The number of sulfonamides is 1. The zero-order valence-electron chi connectivity index (χ0n) is 20.6. The van der Waals surface area contributed by atoms with Crippen LogP contribution in [0.25, 0.3) is 11.0 Å². The van der Waals surface area contributed by atoms with E-state index in [0.717, 1.165) is 16.5 Å². The van der Waals surface area contributed by atoms with E-state index in [-0.39, 0.29) is 23.4 Å². The van der Waals surface area contributed by atoms with Crippen LogP contribution in [-0.4, -0.2) is 24.3 Å². The largest absolute Gasteiger partial charge is 0.489 e. The Hall–Kier alpha value is -5.03. The first kappa shape index (κ1) is 25.6. The number of rotatable bonds is 8. The molecule has 10 nitrogen and oxygen atoms in total. The van der Waals surface area contributed by atoms with E-state index in [1.165, 1.54) is 42.7 Å². The van der Waals surface area contributed by atoms with Crippen LogP contribution in [-0.2, 0) is 16.6 Å². The van der Waals surface area contributed by atoms with Crippen molar-refractivity contribution >= 4 is 38.5 Å². The topological polar surface area (TPSA) is 140 Å². The molecule has 2 heterocycles. The quantitative estimate of drug-likeness (QED) is 0.273. The number of hydrogen-bond donors (Lipinski definition) is 2. The number of aryl methyl sites for hydroxylation is 1. The van der Waals surface area contributed by atoms with Crippen molar-refractivity contribution in [1.29, 1.82) is 0 Å². The molecule has 196 valence electrons. The van der Waals surface area contributed by atoms with Gasteiger partial charge in [0.15, 0.2) is 0 Å². The van der Waals surface area contributed by atoms with Crippen molar-refractivity contribution in [2.24, 2.45) is 0 Å². The van der Waals surface area contributed by atoms with Crippen LogP contribution in [0.4, 0.5) is 11.6 Å². The molecule has 3 aromatic carbocycles. The van der Waals surface area contributed by atoms with Gasteiger partial charge in [-0.05, 0) is 72.6 Å². The number of fused-ring (bicyclic) bond motifs is 1. The smallest absolute Gasteiger partial charge is 0.336 e. The summed E-state index contributed by atoms with van der Waals surface area (Å²) < 4.78 is 38.4. The van der Waals surface area contributed by atoms with Gasteiger partial charge in [0.05, 0.1) is 4.90 Å². The van der Waals surface area contributed by atoms with Gasteiger partial charge >= 0.3 is 5.63 Å². The number of hydrogen-bond acceptors (Lipinski definition) is 8. The third-order valence-corrected chi connectivity index (χ3v) is 7.10. The molecule has 0 unspecified atom stereocenters. The Morgan fingerprint density at radius 3 is 2.38 bits per heavy atom. The average molecular weight is 543 g/mol. The summed E-state index contributed by atoms with van der Waals surface area (Å²) in [5.41, 5.74) is 2.56. The second-order valence-corrected chi connectivity index (χ2v) is 10.2. The lowest BCUT2D eigenvalue weighted by Crippen LogP contribution is -2.15. The zero-order valence-corrected chi connectivity index (χ0v) is 21.4. The van der Waals surface area contributed by atoms with Crippen molar-refractivity contribution < 1.29 is 22.4 Å². The molecule has 1 amide bonds. The molecule has 0 atom stereocenters. The lowest BCUT2D eigenvalue weighted by Gasteiger charge is -2.10. The van der Waals surface area contributed by atoms with E-state index >= 15 is 0 Å². The molecule has 0 fully saturated rings. The third kappa shape index (κ3) is 6.11. The Kier molecular flexibility index (Phi) is 7.06. The first-order valence-corrected chi connectivity index (χ1v) is 13.2. The van der Waals surface area contributed by atoms with Gasteiger partial charge in [-0.1, -0.05) is 12.1 Å². The number of aromatic nitrogens is 2. The minimum Gasteiger partial charge on any atom is -0.489 e. The van der Waals surface area contributed by atoms with Crippen molar-refractivity contribution in [3.05, 3.63) is 118 Å². The SMILES string of the molecule is Cc1cc(=O)oc2cc(OCc3ccc(C(=O)Nc4ccc(S(=O)(=O)Nc5ncccn5)cc4)cc3)ccc12. The maximum atomic E-state index is 12.7. The number of amides is 1. The number of carbonyl (C=O) groups excluding carboxylic acids is 1. The molecule has 2 aromatic heterocycles. The van der Waals surface area contributed by atoms with Gasteiger partial charge in [0.25, 0.3) is 15.9 Å². The molecule has 11 heteroatoms. The normalized spacial score (nSPS) is 11.2. The van der Waals surface area contributed by atoms with Crippen molar-refractivity contribution in [1.82, 2.24) is 9.97 Å². The van der Waals surface area contributed by atoms with Crippen LogP contribution >= 0.6 is 0 Å². The number of nitrogens with zero attached hydrogens (tertiary/aromatic N) is 2. The zero-order chi connectivity index (χ0) is 27.4. The standard InChI is InChI=1S/C28H22N4O6S/c1-18-15-26(33)38-25-16-22(9-12-24(18)25)37-17-19-3-5-20(6-4-19)27(34)31-21-7-10-23(11-8-21)39(35,36)32-28-29-13-2-14-30-28/h2-16H,17H2,1H3,(H,31,34)(H,29,30,32). The Labute approximate surface area is 223 Å². The van der Waals surface area contributed by atoms with Gasteiger partial charge in [0.1, 0.15) is 17.9 Å². The molecule has 5 aromatic rings. The van der Waals surface area contributed by atoms with Crippen molar-refractivity contribution in [2.45, 2.75) is 18.4 Å². The fourth-order valence-corrected chi connectivity index (χ4v) is 4.72. The first-order valence-electron chi connectivity index (χ1n) is 11.7. The van der Waals surface area contributed by atoms with Crippen LogP contribution in [0.3, 0.4) is 0 Å². The molecule has 39 heavy (non-hydrogen) atoms. The second kappa shape index (κ2) is 10.8. The van der Waals surface area contributed by atoms with Crippen LogP contribution < -0.4 is 20.4 Å². The Morgan fingerprint density at radius 1 is 0.949 bits per heavy atom. The molecule has 0 saturated heterocycles.